The minimum absolute atomic E-state index is 0.343. The third-order valence-corrected chi connectivity index (χ3v) is 2.46. The Morgan fingerprint density at radius 1 is 1.58 bits per heavy atom. The molecule has 1 rings (SSSR count). The first-order valence-corrected chi connectivity index (χ1v) is 4.90. The van der Waals surface area contributed by atoms with E-state index >= 15 is 0 Å². The molecule has 2 heteroatoms. The minimum atomic E-state index is 0.343. The molecule has 0 unspecified atom stereocenters. The Hall–Kier alpha value is -0.530. The number of carbonyl (C=O) groups is 1. The van der Waals surface area contributed by atoms with Crippen LogP contribution >= 0.6 is 0 Å². The first kappa shape index (κ1) is 9.56. The standard InChI is InChI=1S/C10H19NO/c1-8(2)7-10(12)11-6-4-5-9(11)3/h8-9H,4-7H2,1-3H3/t9-/m0/s1. The highest BCUT2D eigenvalue weighted by molar-refractivity contribution is 5.76. The smallest absolute Gasteiger partial charge is 0.223 e. The number of carbonyl (C=O) groups excluding carboxylic acids is 1. The Morgan fingerprint density at radius 3 is 2.67 bits per heavy atom. The van der Waals surface area contributed by atoms with Crippen LogP contribution in [0.15, 0.2) is 0 Å². The third-order valence-electron chi connectivity index (χ3n) is 2.46. The molecule has 0 spiro atoms. The van der Waals surface area contributed by atoms with Crippen molar-refractivity contribution in [3.05, 3.63) is 0 Å². The molecule has 70 valence electrons. The fourth-order valence-corrected chi connectivity index (χ4v) is 1.77. The third kappa shape index (κ3) is 2.23. The van der Waals surface area contributed by atoms with Gasteiger partial charge < -0.3 is 4.90 Å². The van der Waals surface area contributed by atoms with Gasteiger partial charge in [0, 0.05) is 19.0 Å². The first-order chi connectivity index (χ1) is 5.61. The zero-order chi connectivity index (χ0) is 9.14. The van der Waals surface area contributed by atoms with Gasteiger partial charge in [-0.15, -0.1) is 0 Å². The molecule has 2 nitrogen and oxygen atoms in total. The van der Waals surface area contributed by atoms with Crippen molar-refractivity contribution in [3.63, 3.8) is 0 Å². The van der Waals surface area contributed by atoms with E-state index < -0.39 is 0 Å². The molecule has 1 aliphatic heterocycles. The zero-order valence-electron chi connectivity index (χ0n) is 8.34. The van der Waals surface area contributed by atoms with E-state index in [1.165, 1.54) is 12.8 Å². The topological polar surface area (TPSA) is 20.3 Å². The fraction of sp³-hybridized carbons (Fsp3) is 0.900. The Labute approximate surface area is 74.9 Å². The van der Waals surface area contributed by atoms with E-state index in [-0.39, 0.29) is 0 Å². The molecule has 0 aliphatic carbocycles. The molecular weight excluding hydrogens is 150 g/mol. The van der Waals surface area contributed by atoms with Crippen molar-refractivity contribution in [2.45, 2.75) is 46.1 Å². The molecule has 1 fully saturated rings. The fourth-order valence-electron chi connectivity index (χ4n) is 1.77. The van der Waals surface area contributed by atoms with Crippen LogP contribution in [0.5, 0.6) is 0 Å². The largest absolute Gasteiger partial charge is 0.340 e. The Bertz CT molecular complexity index is 165. The SMILES string of the molecule is CC(C)CC(=O)N1CCC[C@@H]1C. The van der Waals surface area contributed by atoms with Crippen molar-refractivity contribution in [1.82, 2.24) is 4.90 Å². The van der Waals surface area contributed by atoms with E-state index in [0.29, 0.717) is 24.3 Å². The van der Waals surface area contributed by atoms with Crippen LogP contribution in [0.3, 0.4) is 0 Å². The first-order valence-electron chi connectivity index (χ1n) is 4.90. The second-order valence-electron chi connectivity index (χ2n) is 4.18. The van der Waals surface area contributed by atoms with Crippen molar-refractivity contribution >= 4 is 5.91 Å². The number of nitrogens with zero attached hydrogens (tertiary/aromatic N) is 1. The lowest BCUT2D eigenvalue weighted by Gasteiger charge is -2.22. The lowest BCUT2D eigenvalue weighted by Crippen LogP contribution is -2.34. The average molecular weight is 169 g/mol. The highest BCUT2D eigenvalue weighted by atomic mass is 16.2. The van der Waals surface area contributed by atoms with E-state index in [1.807, 2.05) is 4.90 Å². The maximum absolute atomic E-state index is 11.6. The molecule has 0 bridgehead atoms. The summed E-state index contributed by atoms with van der Waals surface area (Å²) in [5.41, 5.74) is 0. The van der Waals surface area contributed by atoms with Gasteiger partial charge in [0.2, 0.25) is 5.91 Å². The van der Waals surface area contributed by atoms with Gasteiger partial charge in [-0.25, -0.2) is 0 Å². The van der Waals surface area contributed by atoms with E-state index in [2.05, 4.69) is 20.8 Å². The van der Waals surface area contributed by atoms with Crippen LogP contribution in [-0.2, 0) is 4.79 Å². The van der Waals surface area contributed by atoms with Gasteiger partial charge in [-0.2, -0.15) is 0 Å². The molecule has 0 aromatic carbocycles. The molecule has 1 saturated heterocycles. The van der Waals surface area contributed by atoms with E-state index in [0.717, 1.165) is 6.54 Å². The highest BCUT2D eigenvalue weighted by Gasteiger charge is 2.24. The summed E-state index contributed by atoms with van der Waals surface area (Å²) < 4.78 is 0. The lowest BCUT2D eigenvalue weighted by molar-refractivity contribution is -0.132. The average Bonchev–Trinajstić information content (AvgIpc) is 2.33. The zero-order valence-corrected chi connectivity index (χ0v) is 8.34. The van der Waals surface area contributed by atoms with Gasteiger partial charge in [0.05, 0.1) is 0 Å². The van der Waals surface area contributed by atoms with Crippen LogP contribution in [0.25, 0.3) is 0 Å². The summed E-state index contributed by atoms with van der Waals surface area (Å²) in [5.74, 6) is 0.834. The maximum Gasteiger partial charge on any atom is 0.223 e. The number of hydrogen-bond donors (Lipinski definition) is 0. The summed E-state index contributed by atoms with van der Waals surface area (Å²) in [7, 11) is 0. The van der Waals surface area contributed by atoms with Gasteiger partial charge in [0.25, 0.3) is 0 Å². The Kier molecular flexibility index (Phi) is 3.12. The second kappa shape index (κ2) is 3.92. The number of rotatable bonds is 2. The predicted molar refractivity (Wildman–Crippen MR) is 49.9 cm³/mol. The molecule has 0 aromatic heterocycles. The molecule has 1 heterocycles. The van der Waals surface area contributed by atoms with Crippen molar-refractivity contribution in [1.29, 1.82) is 0 Å². The van der Waals surface area contributed by atoms with Crippen molar-refractivity contribution in [3.8, 4) is 0 Å². The van der Waals surface area contributed by atoms with Crippen LogP contribution in [-0.4, -0.2) is 23.4 Å². The van der Waals surface area contributed by atoms with Crippen LogP contribution in [0.4, 0.5) is 0 Å². The predicted octanol–water partition coefficient (Wildman–Crippen LogP) is 2.04. The number of amides is 1. The summed E-state index contributed by atoms with van der Waals surface area (Å²) >= 11 is 0. The Morgan fingerprint density at radius 2 is 2.25 bits per heavy atom. The molecular formula is C10H19NO. The highest BCUT2D eigenvalue weighted by Crippen LogP contribution is 2.18. The summed E-state index contributed by atoms with van der Waals surface area (Å²) in [6.45, 7) is 7.31. The maximum atomic E-state index is 11.6. The van der Waals surface area contributed by atoms with Crippen molar-refractivity contribution in [2.24, 2.45) is 5.92 Å². The molecule has 0 aromatic rings. The summed E-state index contributed by atoms with van der Waals surface area (Å²) in [5, 5.41) is 0. The van der Waals surface area contributed by atoms with Crippen molar-refractivity contribution in [2.75, 3.05) is 6.54 Å². The normalized spacial score (nSPS) is 23.7. The molecule has 0 N–H and O–H groups in total. The van der Waals surface area contributed by atoms with E-state index in [4.69, 9.17) is 0 Å². The van der Waals surface area contributed by atoms with Crippen molar-refractivity contribution < 1.29 is 4.79 Å². The van der Waals surface area contributed by atoms with Crippen LogP contribution in [0, 0.1) is 5.92 Å². The van der Waals surface area contributed by atoms with Crippen LogP contribution in [0.2, 0.25) is 0 Å². The molecule has 0 radical (unpaired) electrons. The number of hydrogen-bond acceptors (Lipinski definition) is 1. The lowest BCUT2D eigenvalue weighted by atomic mass is 10.1. The monoisotopic (exact) mass is 169 g/mol. The summed E-state index contributed by atoms with van der Waals surface area (Å²) in [6.07, 6.45) is 3.08. The molecule has 1 amide bonds. The van der Waals surface area contributed by atoms with Crippen LogP contribution < -0.4 is 0 Å². The van der Waals surface area contributed by atoms with Gasteiger partial charge in [0.15, 0.2) is 0 Å². The molecule has 0 saturated carbocycles. The second-order valence-corrected chi connectivity index (χ2v) is 4.18. The molecule has 1 atom stereocenters. The van der Waals surface area contributed by atoms with Crippen LogP contribution in [0.1, 0.15) is 40.0 Å². The van der Waals surface area contributed by atoms with Gasteiger partial charge >= 0.3 is 0 Å². The summed E-state index contributed by atoms with van der Waals surface area (Å²) in [6, 6.07) is 0.483. The Balaban J connectivity index is 2.41. The molecule has 12 heavy (non-hydrogen) atoms. The summed E-state index contributed by atoms with van der Waals surface area (Å²) in [4.78, 5) is 13.6. The van der Waals surface area contributed by atoms with E-state index in [9.17, 15) is 4.79 Å². The number of likely N-dealkylation sites (tertiary alicyclic amines) is 1. The van der Waals surface area contributed by atoms with Gasteiger partial charge in [-0.3, -0.25) is 4.79 Å². The molecule has 1 aliphatic rings. The minimum Gasteiger partial charge on any atom is -0.340 e. The van der Waals surface area contributed by atoms with Gasteiger partial charge in [-0.1, -0.05) is 13.8 Å². The van der Waals surface area contributed by atoms with Gasteiger partial charge in [0.1, 0.15) is 0 Å². The quantitative estimate of drug-likeness (QED) is 0.619. The van der Waals surface area contributed by atoms with E-state index in [1.54, 1.807) is 0 Å². The van der Waals surface area contributed by atoms with Gasteiger partial charge in [-0.05, 0) is 25.7 Å².